The van der Waals surface area contributed by atoms with Crippen LogP contribution >= 0.6 is 0 Å². The monoisotopic (exact) mass is 194 g/mol. The highest BCUT2D eigenvalue weighted by Gasteiger charge is 2.00. The van der Waals surface area contributed by atoms with E-state index in [-0.39, 0.29) is 5.82 Å². The predicted molar refractivity (Wildman–Crippen MR) is 51.5 cm³/mol. The number of esters is 1. The number of carbonyl (C=O) groups is 1. The number of hydrogen-bond acceptors (Lipinski definition) is 2. The minimum atomic E-state index is -0.448. The van der Waals surface area contributed by atoms with Crippen LogP contribution in [0.5, 0.6) is 5.75 Å². The molecule has 3 heteroatoms. The Balaban J connectivity index is 2.66. The maximum atomic E-state index is 12.5. The normalized spacial score (nSPS) is 9.36. The maximum absolute atomic E-state index is 12.5. The van der Waals surface area contributed by atoms with Crippen molar-refractivity contribution < 1.29 is 13.9 Å². The van der Waals surface area contributed by atoms with Gasteiger partial charge in [-0.25, -0.2) is 9.18 Å². The van der Waals surface area contributed by atoms with Crippen molar-refractivity contribution in [1.29, 1.82) is 0 Å². The highest BCUT2D eigenvalue weighted by molar-refractivity contribution is 5.84. The first-order valence-electron chi connectivity index (χ1n) is 4.20. The summed E-state index contributed by atoms with van der Waals surface area (Å²) in [5.74, 6) is -0.461. The van der Waals surface area contributed by atoms with Gasteiger partial charge < -0.3 is 4.74 Å². The van der Waals surface area contributed by atoms with Gasteiger partial charge in [0, 0.05) is 6.08 Å². The molecule has 2 nitrogen and oxygen atoms in total. The van der Waals surface area contributed by atoms with Crippen molar-refractivity contribution in [3.8, 4) is 5.75 Å². The average molecular weight is 194 g/mol. The lowest BCUT2D eigenvalue weighted by molar-refractivity contribution is -0.129. The third-order valence-electron chi connectivity index (χ3n) is 1.44. The molecule has 74 valence electrons. The van der Waals surface area contributed by atoms with Gasteiger partial charge in [-0.15, -0.1) is 0 Å². The summed E-state index contributed by atoms with van der Waals surface area (Å²) in [6, 6.07) is 5.30. The number of allylic oxidation sites excluding steroid dienone is 1. The minimum Gasteiger partial charge on any atom is -0.423 e. The van der Waals surface area contributed by atoms with Crippen molar-refractivity contribution in [3.63, 3.8) is 0 Å². The molecule has 0 spiro atoms. The van der Waals surface area contributed by atoms with E-state index in [1.54, 1.807) is 13.8 Å². The van der Waals surface area contributed by atoms with Crippen molar-refractivity contribution >= 4 is 5.97 Å². The van der Waals surface area contributed by atoms with Crippen molar-refractivity contribution in [1.82, 2.24) is 0 Å². The van der Waals surface area contributed by atoms with E-state index in [1.807, 2.05) is 0 Å². The van der Waals surface area contributed by atoms with Crippen LogP contribution in [0.3, 0.4) is 0 Å². The molecule has 0 aliphatic rings. The van der Waals surface area contributed by atoms with Crippen molar-refractivity contribution in [3.05, 3.63) is 41.7 Å². The van der Waals surface area contributed by atoms with Crippen LogP contribution in [0.4, 0.5) is 4.39 Å². The SMILES string of the molecule is CC(C)=CC(=O)Oc1ccc(F)cc1. The number of benzene rings is 1. The molecule has 0 aliphatic carbocycles. The molecule has 1 aromatic rings. The molecule has 0 atom stereocenters. The average Bonchev–Trinajstić information content (AvgIpc) is 2.07. The van der Waals surface area contributed by atoms with Gasteiger partial charge in [-0.05, 0) is 38.1 Å². The summed E-state index contributed by atoms with van der Waals surface area (Å²) in [5, 5.41) is 0. The van der Waals surface area contributed by atoms with E-state index in [0.717, 1.165) is 5.57 Å². The molecule has 0 heterocycles. The van der Waals surface area contributed by atoms with Crippen LogP contribution in [-0.4, -0.2) is 5.97 Å². The largest absolute Gasteiger partial charge is 0.423 e. The van der Waals surface area contributed by atoms with Crippen LogP contribution in [0.25, 0.3) is 0 Å². The second kappa shape index (κ2) is 4.56. The molecule has 0 fully saturated rings. The van der Waals surface area contributed by atoms with Gasteiger partial charge in [0.25, 0.3) is 0 Å². The second-order valence-electron chi connectivity index (χ2n) is 3.10. The molecule has 0 saturated heterocycles. The van der Waals surface area contributed by atoms with Gasteiger partial charge in [0.2, 0.25) is 0 Å². The fraction of sp³-hybridized carbons (Fsp3) is 0.182. The lowest BCUT2D eigenvalue weighted by atomic mass is 10.3. The van der Waals surface area contributed by atoms with Crippen LogP contribution in [0.1, 0.15) is 13.8 Å². The van der Waals surface area contributed by atoms with Crippen LogP contribution in [0, 0.1) is 5.82 Å². The lowest BCUT2D eigenvalue weighted by Gasteiger charge is -2.00. The zero-order valence-electron chi connectivity index (χ0n) is 8.08. The Kier molecular flexibility index (Phi) is 3.40. The van der Waals surface area contributed by atoms with Gasteiger partial charge in [0.05, 0.1) is 0 Å². The van der Waals surface area contributed by atoms with Crippen LogP contribution in [0.15, 0.2) is 35.9 Å². The summed E-state index contributed by atoms with van der Waals surface area (Å²) < 4.78 is 17.4. The molecule has 1 rings (SSSR count). The van der Waals surface area contributed by atoms with E-state index < -0.39 is 5.97 Å². The Bertz CT molecular complexity index is 348. The first-order chi connectivity index (χ1) is 6.58. The van der Waals surface area contributed by atoms with Crippen LogP contribution in [0.2, 0.25) is 0 Å². The predicted octanol–water partition coefficient (Wildman–Crippen LogP) is 2.70. The zero-order valence-corrected chi connectivity index (χ0v) is 8.08. The number of carbonyl (C=O) groups excluding carboxylic acids is 1. The molecule has 1 aromatic carbocycles. The van der Waals surface area contributed by atoms with E-state index in [0.29, 0.717) is 5.75 Å². The number of rotatable bonds is 2. The Morgan fingerprint density at radius 2 is 1.86 bits per heavy atom. The topological polar surface area (TPSA) is 26.3 Å². The molecular weight excluding hydrogens is 183 g/mol. The first-order valence-corrected chi connectivity index (χ1v) is 4.20. The maximum Gasteiger partial charge on any atom is 0.336 e. The van der Waals surface area contributed by atoms with Gasteiger partial charge in [-0.2, -0.15) is 0 Å². The quantitative estimate of drug-likeness (QED) is 0.411. The van der Waals surface area contributed by atoms with Crippen molar-refractivity contribution in [2.45, 2.75) is 13.8 Å². The first kappa shape index (κ1) is 10.4. The summed E-state index contributed by atoms with van der Waals surface area (Å²) in [6.07, 6.45) is 1.38. The van der Waals surface area contributed by atoms with E-state index >= 15 is 0 Å². The van der Waals surface area contributed by atoms with E-state index in [1.165, 1.54) is 30.3 Å². The highest BCUT2D eigenvalue weighted by atomic mass is 19.1. The summed E-state index contributed by atoms with van der Waals surface area (Å²) >= 11 is 0. The lowest BCUT2D eigenvalue weighted by Crippen LogP contribution is -2.04. The molecule has 0 N–H and O–H groups in total. The van der Waals surface area contributed by atoms with Gasteiger partial charge in [-0.3, -0.25) is 0 Å². The van der Waals surface area contributed by atoms with Gasteiger partial charge >= 0.3 is 5.97 Å². The summed E-state index contributed by atoms with van der Waals surface area (Å²) in [6.45, 7) is 3.60. The molecule has 0 aromatic heterocycles. The minimum absolute atomic E-state index is 0.342. The Hall–Kier alpha value is -1.64. The van der Waals surface area contributed by atoms with Crippen molar-refractivity contribution in [2.24, 2.45) is 0 Å². The molecule has 0 saturated carbocycles. The number of hydrogen-bond donors (Lipinski definition) is 0. The fourth-order valence-corrected chi connectivity index (χ4v) is 0.884. The summed E-state index contributed by atoms with van der Waals surface area (Å²) in [7, 11) is 0. The third-order valence-corrected chi connectivity index (χ3v) is 1.44. The molecule has 0 radical (unpaired) electrons. The standard InChI is InChI=1S/C11H11FO2/c1-8(2)7-11(13)14-10-5-3-9(12)4-6-10/h3-7H,1-2H3. The summed E-state index contributed by atoms with van der Waals surface area (Å²) in [5.41, 5.74) is 0.858. The molecule has 0 aliphatic heterocycles. The second-order valence-corrected chi connectivity index (χ2v) is 3.10. The molecule has 0 unspecified atom stereocenters. The Morgan fingerprint density at radius 1 is 1.29 bits per heavy atom. The number of halogens is 1. The molecular formula is C11H11FO2. The van der Waals surface area contributed by atoms with Gasteiger partial charge in [0.15, 0.2) is 0 Å². The van der Waals surface area contributed by atoms with E-state index in [9.17, 15) is 9.18 Å². The molecule has 0 bridgehead atoms. The Labute approximate surface area is 82.0 Å². The molecule has 14 heavy (non-hydrogen) atoms. The van der Waals surface area contributed by atoms with Crippen LogP contribution in [-0.2, 0) is 4.79 Å². The number of ether oxygens (including phenoxy) is 1. The van der Waals surface area contributed by atoms with E-state index in [2.05, 4.69) is 0 Å². The van der Waals surface area contributed by atoms with Crippen molar-refractivity contribution in [2.75, 3.05) is 0 Å². The zero-order chi connectivity index (χ0) is 10.6. The van der Waals surface area contributed by atoms with Gasteiger partial charge in [0.1, 0.15) is 11.6 Å². The van der Waals surface area contributed by atoms with Gasteiger partial charge in [-0.1, -0.05) is 5.57 Å². The van der Waals surface area contributed by atoms with E-state index in [4.69, 9.17) is 4.74 Å². The smallest absolute Gasteiger partial charge is 0.336 e. The summed E-state index contributed by atoms with van der Waals surface area (Å²) in [4.78, 5) is 11.1. The Morgan fingerprint density at radius 3 is 2.36 bits per heavy atom. The third kappa shape index (κ3) is 3.39. The highest BCUT2D eigenvalue weighted by Crippen LogP contribution is 2.11. The molecule has 0 amide bonds. The van der Waals surface area contributed by atoms with Crippen LogP contribution < -0.4 is 4.74 Å². The fourth-order valence-electron chi connectivity index (χ4n) is 0.884.